The summed E-state index contributed by atoms with van der Waals surface area (Å²) in [4.78, 5) is 4.35. The maximum absolute atomic E-state index is 4.35. The maximum atomic E-state index is 4.35. The summed E-state index contributed by atoms with van der Waals surface area (Å²) in [7, 11) is 0. The fourth-order valence-electron chi connectivity index (χ4n) is 1.14. The van der Waals surface area contributed by atoms with E-state index in [9.17, 15) is 0 Å². The standard InChI is InChI=1S/C10H12N4S/c1-7-3-4-9(14-13-7)11-5-10-12-8(2)6-15-10/h3-4,6H,5H2,1-2H3,(H,11,14). The van der Waals surface area contributed by atoms with E-state index in [0.717, 1.165) is 22.2 Å². The van der Waals surface area contributed by atoms with Crippen LogP contribution in [0.5, 0.6) is 0 Å². The summed E-state index contributed by atoms with van der Waals surface area (Å²) in [5, 5.41) is 14.3. The Kier molecular flexibility index (Phi) is 2.91. The second-order valence-electron chi connectivity index (χ2n) is 3.30. The van der Waals surface area contributed by atoms with Crippen LogP contribution in [0.4, 0.5) is 5.82 Å². The van der Waals surface area contributed by atoms with Crippen molar-refractivity contribution < 1.29 is 0 Å². The molecule has 0 aromatic carbocycles. The quantitative estimate of drug-likeness (QED) is 0.861. The van der Waals surface area contributed by atoms with Gasteiger partial charge in [0.25, 0.3) is 0 Å². The fourth-order valence-corrected chi connectivity index (χ4v) is 1.85. The number of anilines is 1. The van der Waals surface area contributed by atoms with E-state index in [1.165, 1.54) is 0 Å². The van der Waals surface area contributed by atoms with Crippen LogP contribution in [0.25, 0.3) is 0 Å². The van der Waals surface area contributed by atoms with Crippen molar-refractivity contribution in [2.24, 2.45) is 0 Å². The second-order valence-corrected chi connectivity index (χ2v) is 4.24. The molecule has 0 fully saturated rings. The topological polar surface area (TPSA) is 50.7 Å². The Hall–Kier alpha value is -1.49. The van der Waals surface area contributed by atoms with Crippen LogP contribution in [-0.4, -0.2) is 15.2 Å². The van der Waals surface area contributed by atoms with E-state index in [-0.39, 0.29) is 0 Å². The summed E-state index contributed by atoms with van der Waals surface area (Å²) in [6.45, 7) is 4.61. The average molecular weight is 220 g/mol. The largest absolute Gasteiger partial charge is 0.362 e. The Balaban J connectivity index is 1.96. The van der Waals surface area contributed by atoms with Gasteiger partial charge in [0.15, 0.2) is 0 Å². The van der Waals surface area contributed by atoms with Crippen LogP contribution in [0.15, 0.2) is 17.5 Å². The van der Waals surface area contributed by atoms with E-state index >= 15 is 0 Å². The van der Waals surface area contributed by atoms with Gasteiger partial charge in [0.2, 0.25) is 0 Å². The molecule has 4 nitrogen and oxygen atoms in total. The number of rotatable bonds is 3. The summed E-state index contributed by atoms with van der Waals surface area (Å²) < 4.78 is 0. The Bertz CT molecular complexity index is 435. The molecule has 0 radical (unpaired) electrons. The van der Waals surface area contributed by atoms with Crippen molar-refractivity contribution in [3.8, 4) is 0 Å². The molecule has 2 aromatic heterocycles. The minimum atomic E-state index is 0.705. The summed E-state index contributed by atoms with van der Waals surface area (Å²) in [5.41, 5.74) is 1.98. The number of nitrogens with one attached hydrogen (secondary N) is 1. The average Bonchev–Trinajstić information content (AvgIpc) is 2.64. The Morgan fingerprint density at radius 1 is 1.20 bits per heavy atom. The molecule has 0 atom stereocenters. The van der Waals surface area contributed by atoms with Gasteiger partial charge in [-0.3, -0.25) is 0 Å². The fraction of sp³-hybridized carbons (Fsp3) is 0.300. The molecule has 0 saturated carbocycles. The molecule has 2 rings (SSSR count). The van der Waals surface area contributed by atoms with Crippen LogP contribution in [0.2, 0.25) is 0 Å². The summed E-state index contributed by atoms with van der Waals surface area (Å²) in [6.07, 6.45) is 0. The van der Waals surface area contributed by atoms with Crippen molar-refractivity contribution in [2.75, 3.05) is 5.32 Å². The van der Waals surface area contributed by atoms with Crippen LogP contribution < -0.4 is 5.32 Å². The molecule has 0 amide bonds. The first-order chi connectivity index (χ1) is 7.24. The lowest BCUT2D eigenvalue weighted by molar-refractivity contribution is 0.958. The number of thiazole rings is 1. The monoisotopic (exact) mass is 220 g/mol. The molecule has 15 heavy (non-hydrogen) atoms. The molecule has 2 heterocycles. The van der Waals surface area contributed by atoms with Crippen LogP contribution in [0.1, 0.15) is 16.4 Å². The zero-order chi connectivity index (χ0) is 10.7. The lowest BCUT2D eigenvalue weighted by Gasteiger charge is -2.01. The van der Waals surface area contributed by atoms with Gasteiger partial charge in [-0.2, -0.15) is 5.10 Å². The van der Waals surface area contributed by atoms with Crippen LogP contribution in [-0.2, 0) is 6.54 Å². The predicted molar refractivity (Wildman–Crippen MR) is 60.9 cm³/mol. The minimum absolute atomic E-state index is 0.705. The molecular weight excluding hydrogens is 208 g/mol. The molecule has 0 saturated heterocycles. The highest BCUT2D eigenvalue weighted by molar-refractivity contribution is 7.09. The van der Waals surface area contributed by atoms with Crippen molar-refractivity contribution in [1.29, 1.82) is 0 Å². The van der Waals surface area contributed by atoms with Crippen molar-refractivity contribution in [3.05, 3.63) is 33.9 Å². The van der Waals surface area contributed by atoms with Crippen LogP contribution in [0, 0.1) is 13.8 Å². The summed E-state index contributed by atoms with van der Waals surface area (Å²) >= 11 is 1.65. The zero-order valence-electron chi connectivity index (χ0n) is 8.69. The molecular formula is C10H12N4S. The highest BCUT2D eigenvalue weighted by Gasteiger charge is 1.99. The van der Waals surface area contributed by atoms with E-state index in [0.29, 0.717) is 6.54 Å². The third-order valence-corrected chi connectivity index (χ3v) is 2.85. The molecule has 78 valence electrons. The third kappa shape index (κ3) is 2.73. The highest BCUT2D eigenvalue weighted by atomic mass is 32.1. The molecule has 0 unspecified atom stereocenters. The highest BCUT2D eigenvalue weighted by Crippen LogP contribution is 2.10. The third-order valence-electron chi connectivity index (χ3n) is 1.89. The molecule has 5 heteroatoms. The lowest BCUT2D eigenvalue weighted by atomic mass is 10.4. The van der Waals surface area contributed by atoms with Crippen molar-refractivity contribution in [1.82, 2.24) is 15.2 Å². The van der Waals surface area contributed by atoms with Gasteiger partial charge in [-0.15, -0.1) is 16.4 Å². The van der Waals surface area contributed by atoms with Gasteiger partial charge in [0.1, 0.15) is 10.8 Å². The van der Waals surface area contributed by atoms with Crippen LogP contribution in [0.3, 0.4) is 0 Å². The summed E-state index contributed by atoms with van der Waals surface area (Å²) in [5.74, 6) is 0.786. The van der Waals surface area contributed by atoms with Crippen molar-refractivity contribution >= 4 is 17.2 Å². The Labute approximate surface area is 92.4 Å². The van der Waals surface area contributed by atoms with Crippen LogP contribution >= 0.6 is 11.3 Å². The molecule has 0 bridgehead atoms. The lowest BCUT2D eigenvalue weighted by Crippen LogP contribution is -2.02. The minimum Gasteiger partial charge on any atom is -0.362 e. The predicted octanol–water partition coefficient (Wildman–Crippen LogP) is 2.16. The molecule has 2 aromatic rings. The smallest absolute Gasteiger partial charge is 0.149 e. The molecule has 0 spiro atoms. The number of hydrogen-bond acceptors (Lipinski definition) is 5. The molecule has 0 aliphatic heterocycles. The van der Waals surface area contributed by atoms with E-state index in [2.05, 4.69) is 20.5 Å². The van der Waals surface area contributed by atoms with E-state index < -0.39 is 0 Å². The maximum Gasteiger partial charge on any atom is 0.149 e. The SMILES string of the molecule is Cc1ccc(NCc2nc(C)cs2)nn1. The number of nitrogens with zero attached hydrogens (tertiary/aromatic N) is 3. The van der Waals surface area contributed by atoms with Crippen molar-refractivity contribution in [3.63, 3.8) is 0 Å². The molecule has 0 aliphatic carbocycles. The number of aryl methyl sites for hydroxylation is 2. The van der Waals surface area contributed by atoms with Gasteiger partial charge in [0.05, 0.1) is 12.2 Å². The second kappa shape index (κ2) is 4.35. The normalized spacial score (nSPS) is 10.3. The van der Waals surface area contributed by atoms with Gasteiger partial charge >= 0.3 is 0 Å². The van der Waals surface area contributed by atoms with E-state index in [1.807, 2.05) is 31.4 Å². The Morgan fingerprint density at radius 2 is 2.07 bits per heavy atom. The first-order valence-electron chi connectivity index (χ1n) is 4.69. The molecule has 1 N–H and O–H groups in total. The Morgan fingerprint density at radius 3 is 2.67 bits per heavy atom. The number of aromatic nitrogens is 3. The van der Waals surface area contributed by atoms with Gasteiger partial charge in [-0.05, 0) is 26.0 Å². The van der Waals surface area contributed by atoms with Crippen molar-refractivity contribution in [2.45, 2.75) is 20.4 Å². The van der Waals surface area contributed by atoms with E-state index in [4.69, 9.17) is 0 Å². The van der Waals surface area contributed by atoms with Gasteiger partial charge in [0, 0.05) is 11.1 Å². The van der Waals surface area contributed by atoms with E-state index in [1.54, 1.807) is 11.3 Å². The summed E-state index contributed by atoms with van der Waals surface area (Å²) in [6, 6.07) is 3.85. The first-order valence-corrected chi connectivity index (χ1v) is 5.57. The number of hydrogen-bond donors (Lipinski definition) is 1. The first kappa shape index (κ1) is 10.0. The van der Waals surface area contributed by atoms with Gasteiger partial charge < -0.3 is 5.32 Å². The van der Waals surface area contributed by atoms with Gasteiger partial charge in [-0.25, -0.2) is 4.98 Å². The van der Waals surface area contributed by atoms with Gasteiger partial charge in [-0.1, -0.05) is 0 Å². The molecule has 0 aliphatic rings. The zero-order valence-corrected chi connectivity index (χ0v) is 9.51.